The first-order chi connectivity index (χ1) is 63.8. The second-order valence-electron chi connectivity index (χ2n) is 35.3. The summed E-state index contributed by atoms with van der Waals surface area (Å²) in [5.74, 6) is -0.371. The largest absolute Gasteiger partial charge is 0.457 e. The van der Waals surface area contributed by atoms with Crippen LogP contribution < -0.4 is 4.74 Å². The van der Waals surface area contributed by atoms with Gasteiger partial charge in [0.25, 0.3) is 0 Å². The molecule has 18 aromatic rings. The topological polar surface area (TPSA) is 9.23 Å². The predicted molar refractivity (Wildman–Crippen MR) is 517 cm³/mol. The molecule has 0 aliphatic rings. The molecular weight excluding hydrogens is 1690 g/mol. The quantitative estimate of drug-likeness (QED) is 0.0778. The van der Waals surface area contributed by atoms with Gasteiger partial charge in [-0.25, -0.2) is 0 Å². The molecular formula is C120H86F12O. The molecule has 0 bridgehead atoms. The molecule has 0 heterocycles. The van der Waals surface area contributed by atoms with Crippen LogP contribution in [0.1, 0.15) is 74.9 Å². The maximum atomic E-state index is 15.9. The van der Waals surface area contributed by atoms with Gasteiger partial charge in [0.1, 0.15) is 11.5 Å². The number of hydrogen-bond donors (Lipinski definition) is 0. The van der Waals surface area contributed by atoms with Gasteiger partial charge < -0.3 is 4.74 Å². The zero-order valence-electron chi connectivity index (χ0n) is 73.2. The van der Waals surface area contributed by atoms with E-state index in [1.807, 2.05) is 24.3 Å². The second-order valence-corrected chi connectivity index (χ2v) is 35.3. The molecule has 0 aliphatic carbocycles. The minimum absolute atomic E-state index is 0.00150. The van der Waals surface area contributed by atoms with Gasteiger partial charge >= 0.3 is 24.7 Å². The fourth-order valence-corrected chi connectivity index (χ4v) is 18.2. The van der Waals surface area contributed by atoms with Crippen molar-refractivity contribution in [1.29, 1.82) is 0 Å². The molecule has 0 atom stereocenters. The Balaban J connectivity index is 0.738. The van der Waals surface area contributed by atoms with Crippen molar-refractivity contribution in [2.75, 3.05) is 0 Å². The molecule has 1 nitrogen and oxygen atoms in total. The second kappa shape index (κ2) is 35.7. The number of halogens is 12. The van der Waals surface area contributed by atoms with Crippen molar-refractivity contribution in [2.24, 2.45) is 0 Å². The Morgan fingerprint density at radius 2 is 0.368 bits per heavy atom. The summed E-state index contributed by atoms with van der Waals surface area (Å²) in [6.45, 7) is 11.7. The molecule has 656 valence electrons. The van der Waals surface area contributed by atoms with E-state index >= 15 is 39.5 Å². The Morgan fingerprint density at radius 1 is 0.150 bits per heavy atom. The zero-order valence-corrected chi connectivity index (χ0v) is 73.2. The molecule has 18 rings (SSSR count). The van der Waals surface area contributed by atoms with Crippen molar-refractivity contribution in [3.8, 4) is 190 Å². The summed E-state index contributed by atoms with van der Waals surface area (Å²) in [7, 11) is 0. The van der Waals surface area contributed by atoms with Gasteiger partial charge in [0.15, 0.2) is 0 Å². The number of rotatable bonds is 18. The van der Waals surface area contributed by atoms with Crippen LogP contribution in [0.4, 0.5) is 52.7 Å². The molecule has 0 saturated heterocycles. The monoisotopic (exact) mass is 1770 g/mol. The Bertz CT molecular complexity index is 7160. The number of benzene rings is 18. The molecule has 0 aliphatic heterocycles. The number of alkyl halides is 12. The third-order valence-corrected chi connectivity index (χ3v) is 24.6. The van der Waals surface area contributed by atoms with Crippen LogP contribution in [0, 0.1) is 0 Å². The maximum absolute atomic E-state index is 15.9. The van der Waals surface area contributed by atoms with Crippen molar-refractivity contribution in [3.63, 3.8) is 0 Å². The molecule has 0 amide bonds. The van der Waals surface area contributed by atoms with Crippen LogP contribution in [0.25, 0.3) is 178 Å². The molecule has 18 aromatic carbocycles. The van der Waals surface area contributed by atoms with Crippen molar-refractivity contribution >= 4 is 0 Å². The van der Waals surface area contributed by atoms with E-state index in [1.54, 1.807) is 160 Å². The van der Waals surface area contributed by atoms with E-state index in [0.717, 1.165) is 125 Å². The first kappa shape index (κ1) is 88.6. The third-order valence-electron chi connectivity index (χ3n) is 24.6. The number of hydrogen-bond acceptors (Lipinski definition) is 1. The van der Waals surface area contributed by atoms with Gasteiger partial charge in [-0.05, 0) is 255 Å². The molecule has 0 saturated carbocycles. The summed E-state index contributed by atoms with van der Waals surface area (Å²) < 4.78 is 191. The lowest BCUT2D eigenvalue weighted by Crippen LogP contribution is -2.19. The lowest BCUT2D eigenvalue weighted by molar-refractivity contribution is -0.139. The van der Waals surface area contributed by atoms with E-state index in [4.69, 9.17) is 4.74 Å². The molecule has 0 unspecified atom stereocenters. The molecule has 0 fully saturated rings. The lowest BCUT2D eigenvalue weighted by atomic mass is 9.73. The van der Waals surface area contributed by atoms with Gasteiger partial charge in [-0.2, -0.15) is 52.7 Å². The molecule has 0 aromatic heterocycles. The molecule has 133 heavy (non-hydrogen) atoms. The fourth-order valence-electron chi connectivity index (χ4n) is 18.2. The Morgan fingerprint density at radius 3 is 0.632 bits per heavy atom. The van der Waals surface area contributed by atoms with Gasteiger partial charge in [0.2, 0.25) is 0 Å². The van der Waals surface area contributed by atoms with Crippen LogP contribution >= 0.6 is 0 Å². The maximum Gasteiger partial charge on any atom is 0.420 e. The summed E-state index contributed by atoms with van der Waals surface area (Å²) in [4.78, 5) is 0. The smallest absolute Gasteiger partial charge is 0.420 e. The van der Waals surface area contributed by atoms with Crippen molar-refractivity contribution in [1.82, 2.24) is 0 Å². The van der Waals surface area contributed by atoms with Gasteiger partial charge in [-0.15, -0.1) is 0 Å². The number of ether oxygens (including phenoxy) is 1. The average Bonchev–Trinajstić information content (AvgIpc) is 0.714. The molecule has 0 spiro atoms. The van der Waals surface area contributed by atoms with E-state index in [-0.39, 0.29) is 66.8 Å². The van der Waals surface area contributed by atoms with Crippen LogP contribution in [0.3, 0.4) is 0 Å². The van der Waals surface area contributed by atoms with Crippen LogP contribution in [-0.2, 0) is 35.5 Å². The highest BCUT2D eigenvalue weighted by atomic mass is 19.4. The predicted octanol–water partition coefficient (Wildman–Crippen LogP) is 36.8. The van der Waals surface area contributed by atoms with Crippen molar-refractivity contribution in [3.05, 3.63) is 446 Å². The SMILES string of the molecule is CC(C)(C)c1ccc(-c2ccc(-c3c(-c4ccccc4)c(-c4ccccc4)c(-c4ccc(-c5ccc(Oc6ccc(-c7ccc(-c8c(-c9ccccc9)c(-c9ccccc9)c(-c9ccc(-c%10ccc(C(C)(C)C)c(C(F)(F)F)c%10)cc9)c(-c9cccc(C(F)(F)F)c9)c8-c8cccc(C(F)(F)F)c8)cc7)cc6C(F)(F)F)cc5)cc4)c(-c4ccccc4)c3-c3ccccc3)cc2)cc1. The minimum atomic E-state index is -4.97. The fraction of sp³-hybridized carbons (Fsp3) is 0.100. The van der Waals surface area contributed by atoms with Crippen LogP contribution in [0.2, 0.25) is 0 Å². The van der Waals surface area contributed by atoms with Gasteiger partial charge in [-0.1, -0.05) is 399 Å². The highest BCUT2D eigenvalue weighted by molar-refractivity contribution is 6.17. The Labute approximate surface area is 765 Å². The molecule has 0 radical (unpaired) electrons. The van der Waals surface area contributed by atoms with Crippen molar-refractivity contribution < 1.29 is 57.4 Å². The first-order valence-corrected chi connectivity index (χ1v) is 43.7. The van der Waals surface area contributed by atoms with E-state index in [1.165, 1.54) is 48.0 Å². The van der Waals surface area contributed by atoms with Gasteiger partial charge in [-0.3, -0.25) is 0 Å². The van der Waals surface area contributed by atoms with E-state index < -0.39 is 58.1 Å². The lowest BCUT2D eigenvalue weighted by Gasteiger charge is -2.29. The first-order valence-electron chi connectivity index (χ1n) is 43.7. The Kier molecular flexibility index (Phi) is 23.7. The summed E-state index contributed by atoms with van der Waals surface area (Å²) >= 11 is 0. The molecule has 0 N–H and O–H groups in total. The standard InChI is InChI=1S/C120H86F12O/c1-115(2,3)95-65-59-77(60-66-95)75-43-51-87(52-44-75)109-103(81-27-13-7-14-28-81)105(83-31-17-9-18-32-83)110(106(84-33-19-10-20-34-84)104(109)82-29-15-8-16-30-82)88-53-45-76(46-54-88)78-61-67-98(68-62-78)133-102-70-64-92(74-101(102)120(130,131)132)80-49-57-90(58-50-80)112-108(86-37-23-12-24-38-86)107(85-35-21-11-22-36-85)111(89-55-47-79(48-56-89)91-63-69-99(116(4,5)6)100(73-91)119(127,128)129)113(93-39-25-41-96(71-93)117(121,122)123)114(112)94-40-26-42-97(72-94)118(124,125)126/h7-74H,1-6H3. The van der Waals surface area contributed by atoms with Gasteiger partial charge in [0.05, 0.1) is 22.3 Å². The van der Waals surface area contributed by atoms with E-state index in [2.05, 4.69) is 191 Å². The summed E-state index contributed by atoms with van der Waals surface area (Å²) in [6, 6.07) is 122. The minimum Gasteiger partial charge on any atom is -0.457 e. The van der Waals surface area contributed by atoms with E-state index in [9.17, 15) is 13.2 Å². The highest BCUT2D eigenvalue weighted by Crippen LogP contribution is 2.60. The highest BCUT2D eigenvalue weighted by Gasteiger charge is 2.40. The van der Waals surface area contributed by atoms with Crippen molar-refractivity contribution in [2.45, 2.75) is 77.1 Å². The third kappa shape index (κ3) is 18.2. The normalized spacial score (nSPS) is 12.1. The van der Waals surface area contributed by atoms with E-state index in [0.29, 0.717) is 38.9 Å². The average molecular weight is 1770 g/mol. The van der Waals surface area contributed by atoms with Crippen LogP contribution in [0.5, 0.6) is 11.5 Å². The summed E-state index contributed by atoms with van der Waals surface area (Å²) in [6.07, 6.45) is -19.6. The summed E-state index contributed by atoms with van der Waals surface area (Å²) in [5, 5.41) is 0. The summed E-state index contributed by atoms with van der Waals surface area (Å²) in [5.41, 5.74) is 16.3. The van der Waals surface area contributed by atoms with Crippen LogP contribution in [0.15, 0.2) is 413 Å². The zero-order chi connectivity index (χ0) is 92.9. The Hall–Kier alpha value is -15.1. The van der Waals surface area contributed by atoms with Crippen LogP contribution in [-0.4, -0.2) is 0 Å². The van der Waals surface area contributed by atoms with Gasteiger partial charge in [0, 0.05) is 0 Å². The molecule has 13 heteroatoms.